The minimum absolute atomic E-state index is 0.226. The quantitative estimate of drug-likeness (QED) is 0.0390. The summed E-state index contributed by atoms with van der Waals surface area (Å²) in [4.78, 5) is 38.3. The van der Waals surface area contributed by atoms with E-state index in [1.54, 1.807) is 0 Å². The number of aliphatic hydroxyl groups excluding tert-OH is 11. The highest BCUT2D eigenvalue weighted by atomic mass is 16.8. The van der Waals surface area contributed by atoms with E-state index in [2.05, 4.69) is 24.5 Å². The number of carbonyl (C=O) groups is 3. The summed E-state index contributed by atoms with van der Waals surface area (Å²) in [6.45, 7) is 2.15. The molecule has 0 aromatic rings. The van der Waals surface area contributed by atoms with Gasteiger partial charge in [0.05, 0.1) is 50.7 Å². The lowest BCUT2D eigenvalue weighted by Gasteiger charge is -2.50. The average Bonchev–Trinajstić information content (AvgIpc) is 3.43. The van der Waals surface area contributed by atoms with Crippen molar-refractivity contribution >= 4 is 17.8 Å². The molecule has 3 saturated heterocycles. The second kappa shape index (κ2) is 40.1. The number of carboxylic acid groups (broad SMARTS) is 1. The highest BCUT2D eigenvalue weighted by molar-refractivity contribution is 5.77. The molecule has 23 nitrogen and oxygen atoms in total. The van der Waals surface area contributed by atoms with Gasteiger partial charge in [-0.1, -0.05) is 174 Å². The van der Waals surface area contributed by atoms with Crippen molar-refractivity contribution in [1.29, 1.82) is 0 Å². The second-order valence-corrected chi connectivity index (χ2v) is 22.6. The lowest BCUT2D eigenvalue weighted by Crippen LogP contribution is -2.70. The summed E-state index contributed by atoms with van der Waals surface area (Å²) in [6.07, 6.45) is 1.49. The first-order chi connectivity index (χ1) is 38.4. The first kappa shape index (κ1) is 72.0. The van der Waals surface area contributed by atoms with E-state index < -0.39 is 148 Å². The van der Waals surface area contributed by atoms with Gasteiger partial charge in [-0.25, -0.2) is 4.79 Å². The van der Waals surface area contributed by atoms with E-state index in [4.69, 9.17) is 28.4 Å². The van der Waals surface area contributed by atoms with Gasteiger partial charge < -0.3 is 100 Å². The van der Waals surface area contributed by atoms with Crippen LogP contribution in [0.25, 0.3) is 0 Å². The standard InChI is InChI=1S/C57H106N2O21/c1-4-6-8-10-12-14-15-16-17-18-19-20-21-23-24-26-28-30-39(64)38(59-44(67)31-29-27-25-22-13-11-9-7-5-2)36-75-54-49(71)48(70)51(43(35-62)77-54)78-55-50(72)53(47(69)42(34-61)76-55)80-57(56(73)74)32-40(65)45(58-37(3)63)52(79-57)46(68)41(66)33-60/h38-43,45-55,60-62,64-66,68-72H,4-36H2,1-3H3,(H,58,63)(H,59,67)(H,73,74). The summed E-state index contributed by atoms with van der Waals surface area (Å²) in [5, 5.41) is 135. The van der Waals surface area contributed by atoms with Gasteiger partial charge in [-0.15, -0.1) is 0 Å². The van der Waals surface area contributed by atoms with E-state index in [0.29, 0.717) is 19.3 Å². The summed E-state index contributed by atoms with van der Waals surface area (Å²) < 4.78 is 34.7. The van der Waals surface area contributed by atoms with Crippen molar-refractivity contribution < 1.29 is 104 Å². The molecule has 3 rings (SSSR count). The van der Waals surface area contributed by atoms with Crippen molar-refractivity contribution in [3.63, 3.8) is 0 Å². The zero-order chi connectivity index (χ0) is 59.0. The largest absolute Gasteiger partial charge is 0.477 e. The van der Waals surface area contributed by atoms with Crippen LogP contribution in [0.4, 0.5) is 0 Å². The summed E-state index contributed by atoms with van der Waals surface area (Å²) in [7, 11) is 0. The highest BCUT2D eigenvalue weighted by Crippen LogP contribution is 2.38. The predicted molar refractivity (Wildman–Crippen MR) is 292 cm³/mol. The number of hydrogen-bond acceptors (Lipinski definition) is 20. The lowest BCUT2D eigenvalue weighted by atomic mass is 9.88. The number of unbranched alkanes of at least 4 members (excludes halogenated alkanes) is 24. The molecular formula is C57H106N2O21. The topological polar surface area (TPSA) is 373 Å². The first-order valence-corrected chi connectivity index (χ1v) is 30.4. The van der Waals surface area contributed by atoms with Crippen LogP contribution >= 0.6 is 0 Å². The van der Waals surface area contributed by atoms with Crippen LogP contribution in [0, 0.1) is 0 Å². The van der Waals surface area contributed by atoms with Gasteiger partial charge in [0.25, 0.3) is 5.79 Å². The molecule has 14 N–H and O–H groups in total. The molecule has 0 aromatic heterocycles. The van der Waals surface area contributed by atoms with Crippen molar-refractivity contribution in [2.24, 2.45) is 0 Å². The molecule has 3 aliphatic rings. The third kappa shape index (κ3) is 24.4. The van der Waals surface area contributed by atoms with Crippen LogP contribution in [-0.2, 0) is 42.8 Å². The molecule has 2 amide bonds. The number of ether oxygens (including phenoxy) is 6. The highest BCUT2D eigenvalue weighted by Gasteiger charge is 2.60. The van der Waals surface area contributed by atoms with Gasteiger partial charge in [-0.3, -0.25) is 9.59 Å². The van der Waals surface area contributed by atoms with Gasteiger partial charge in [0.2, 0.25) is 11.8 Å². The Labute approximate surface area is 474 Å². The second-order valence-electron chi connectivity index (χ2n) is 22.6. The molecule has 3 aliphatic heterocycles. The molecule has 3 fully saturated rings. The summed E-state index contributed by atoms with van der Waals surface area (Å²) in [5.41, 5.74) is 0. The van der Waals surface area contributed by atoms with E-state index in [0.717, 1.165) is 58.3 Å². The molecule has 18 unspecified atom stereocenters. The maximum atomic E-state index is 13.3. The van der Waals surface area contributed by atoms with Gasteiger partial charge in [-0.2, -0.15) is 0 Å². The first-order valence-electron chi connectivity index (χ1n) is 30.4. The zero-order valence-electron chi connectivity index (χ0n) is 48.2. The van der Waals surface area contributed by atoms with Gasteiger partial charge in [-0.05, 0) is 12.8 Å². The van der Waals surface area contributed by atoms with Crippen molar-refractivity contribution in [3.8, 4) is 0 Å². The summed E-state index contributed by atoms with van der Waals surface area (Å²) in [6, 6.07) is -2.52. The molecule has 23 heteroatoms. The molecule has 18 atom stereocenters. The molecule has 470 valence electrons. The number of carbonyl (C=O) groups excluding carboxylic acids is 2. The Morgan fingerprint density at radius 2 is 1.09 bits per heavy atom. The molecular weight excluding hydrogens is 1050 g/mol. The Hall–Kier alpha value is -2.27. The van der Waals surface area contributed by atoms with Crippen LogP contribution in [0.2, 0.25) is 0 Å². The Morgan fingerprint density at radius 1 is 0.600 bits per heavy atom. The fourth-order valence-corrected chi connectivity index (χ4v) is 10.9. The van der Waals surface area contributed by atoms with Crippen molar-refractivity contribution in [1.82, 2.24) is 10.6 Å². The molecule has 0 bridgehead atoms. The molecule has 0 saturated carbocycles. The summed E-state index contributed by atoms with van der Waals surface area (Å²) >= 11 is 0. The van der Waals surface area contributed by atoms with Crippen LogP contribution in [-0.4, -0.2) is 215 Å². The van der Waals surface area contributed by atoms with Gasteiger partial charge in [0, 0.05) is 19.8 Å². The Balaban J connectivity index is 1.65. The van der Waals surface area contributed by atoms with E-state index in [1.807, 2.05) is 0 Å². The van der Waals surface area contributed by atoms with E-state index in [9.17, 15) is 75.7 Å². The van der Waals surface area contributed by atoms with E-state index in [1.165, 1.54) is 103 Å². The Morgan fingerprint density at radius 3 is 1.56 bits per heavy atom. The van der Waals surface area contributed by atoms with Crippen LogP contribution in [0.1, 0.15) is 207 Å². The zero-order valence-corrected chi connectivity index (χ0v) is 48.2. The van der Waals surface area contributed by atoms with Gasteiger partial charge in [0.15, 0.2) is 12.6 Å². The van der Waals surface area contributed by atoms with Crippen LogP contribution in [0.15, 0.2) is 0 Å². The lowest BCUT2D eigenvalue weighted by molar-refractivity contribution is -0.386. The Bertz CT molecular complexity index is 1660. The van der Waals surface area contributed by atoms with Crippen molar-refractivity contribution in [3.05, 3.63) is 0 Å². The number of rotatable bonds is 44. The van der Waals surface area contributed by atoms with Crippen LogP contribution in [0.3, 0.4) is 0 Å². The fourth-order valence-electron chi connectivity index (χ4n) is 10.9. The van der Waals surface area contributed by atoms with E-state index >= 15 is 0 Å². The number of hydrogen-bond donors (Lipinski definition) is 14. The number of carboxylic acids is 1. The maximum Gasteiger partial charge on any atom is 0.364 e. The average molecular weight is 1160 g/mol. The van der Waals surface area contributed by atoms with Gasteiger partial charge >= 0.3 is 5.97 Å². The minimum atomic E-state index is -3.07. The third-order valence-corrected chi connectivity index (χ3v) is 15.8. The number of amides is 2. The van der Waals surface area contributed by atoms with Crippen molar-refractivity contribution in [2.75, 3.05) is 26.4 Å². The number of aliphatic hydroxyl groups is 11. The molecule has 0 spiro atoms. The molecule has 80 heavy (non-hydrogen) atoms. The molecule has 0 radical (unpaired) electrons. The third-order valence-electron chi connectivity index (χ3n) is 15.8. The SMILES string of the molecule is CCCCCCCCCCCCCCCCCCCC(O)C(COC1OC(CO)C(OC2OC(CO)C(O)C(OC3(C(=O)O)CC(O)C(NC(C)=O)C(C(O)C(O)CO)O3)C2O)C(O)C1O)NC(=O)CCCCCCCCCCC. The molecule has 3 heterocycles. The monoisotopic (exact) mass is 1150 g/mol. The summed E-state index contributed by atoms with van der Waals surface area (Å²) in [5.74, 6) is -6.10. The fraction of sp³-hybridized carbons (Fsp3) is 0.947. The Kier molecular flexibility index (Phi) is 36.1. The van der Waals surface area contributed by atoms with Gasteiger partial charge in [0.1, 0.15) is 67.1 Å². The smallest absolute Gasteiger partial charge is 0.364 e. The number of aliphatic carboxylic acids is 1. The van der Waals surface area contributed by atoms with Crippen molar-refractivity contribution in [2.45, 2.75) is 317 Å². The number of nitrogens with one attached hydrogen (secondary N) is 2. The van der Waals surface area contributed by atoms with Crippen LogP contribution < -0.4 is 10.6 Å². The van der Waals surface area contributed by atoms with Crippen LogP contribution in [0.5, 0.6) is 0 Å². The molecule has 0 aliphatic carbocycles. The molecule has 0 aromatic carbocycles. The maximum absolute atomic E-state index is 13.3. The minimum Gasteiger partial charge on any atom is -0.477 e. The van der Waals surface area contributed by atoms with E-state index in [-0.39, 0.29) is 18.9 Å². The predicted octanol–water partition coefficient (Wildman–Crippen LogP) is 2.61. The normalized spacial score (nSPS) is 30.6.